The lowest BCUT2D eigenvalue weighted by Gasteiger charge is -2.11. The topological polar surface area (TPSA) is 34.9 Å². The van der Waals surface area contributed by atoms with Gasteiger partial charge in [0.05, 0.1) is 11.9 Å². The monoisotopic (exact) mass is 214 g/mol. The molecule has 0 spiro atoms. The van der Waals surface area contributed by atoms with Gasteiger partial charge in [0.25, 0.3) is 0 Å². The van der Waals surface area contributed by atoms with E-state index in [1.54, 1.807) is 23.9 Å². The van der Waals surface area contributed by atoms with Crippen LogP contribution in [0.2, 0.25) is 0 Å². The zero-order valence-corrected chi connectivity index (χ0v) is 9.69. The molecule has 0 radical (unpaired) electrons. The van der Waals surface area contributed by atoms with E-state index in [1.807, 2.05) is 32.0 Å². The fourth-order valence-electron chi connectivity index (χ4n) is 1.89. The molecule has 3 heteroatoms. The van der Waals surface area contributed by atoms with E-state index in [4.69, 9.17) is 0 Å². The van der Waals surface area contributed by atoms with E-state index in [-0.39, 0.29) is 5.78 Å². The van der Waals surface area contributed by atoms with Crippen molar-refractivity contribution in [1.82, 2.24) is 9.78 Å². The van der Waals surface area contributed by atoms with E-state index in [2.05, 4.69) is 5.10 Å². The van der Waals surface area contributed by atoms with Crippen molar-refractivity contribution in [3.05, 3.63) is 47.3 Å². The molecule has 2 rings (SSSR count). The Balaban J connectivity index is 2.68. The largest absolute Gasteiger partial charge is 0.293 e. The van der Waals surface area contributed by atoms with Crippen molar-refractivity contribution in [3.63, 3.8) is 0 Å². The van der Waals surface area contributed by atoms with E-state index in [0.29, 0.717) is 5.69 Å². The number of aryl methyl sites for hydroxylation is 2. The molecule has 0 saturated heterocycles. The fourth-order valence-corrected chi connectivity index (χ4v) is 1.89. The van der Waals surface area contributed by atoms with Crippen LogP contribution in [0.4, 0.5) is 0 Å². The minimum Gasteiger partial charge on any atom is -0.293 e. The van der Waals surface area contributed by atoms with Crippen LogP contribution in [0.5, 0.6) is 0 Å². The second-order valence-electron chi connectivity index (χ2n) is 3.92. The van der Waals surface area contributed by atoms with Crippen LogP contribution in [0.3, 0.4) is 0 Å². The van der Waals surface area contributed by atoms with Crippen molar-refractivity contribution in [2.45, 2.75) is 20.8 Å². The first-order valence-corrected chi connectivity index (χ1v) is 5.23. The molecule has 0 unspecified atom stereocenters. The number of aromatic nitrogens is 2. The van der Waals surface area contributed by atoms with Crippen LogP contribution in [-0.4, -0.2) is 15.6 Å². The molecule has 0 fully saturated rings. The van der Waals surface area contributed by atoms with Crippen LogP contribution in [0.15, 0.2) is 30.5 Å². The zero-order chi connectivity index (χ0) is 11.7. The number of rotatable bonds is 2. The number of carbonyl (C=O) groups is 1. The molecular weight excluding hydrogens is 200 g/mol. The summed E-state index contributed by atoms with van der Waals surface area (Å²) in [5, 5.41) is 4.23. The van der Waals surface area contributed by atoms with E-state index in [1.165, 1.54) is 0 Å². The summed E-state index contributed by atoms with van der Waals surface area (Å²) < 4.78 is 1.72. The first-order chi connectivity index (χ1) is 7.61. The summed E-state index contributed by atoms with van der Waals surface area (Å²) in [6.45, 7) is 5.60. The number of ketones is 1. The molecule has 0 bridgehead atoms. The normalized spacial score (nSPS) is 10.4. The Kier molecular flexibility index (Phi) is 2.60. The standard InChI is InChI=1S/C13H14N2O/c1-9-5-4-6-10(2)13(9)15-12(11(3)16)7-8-14-15/h4-8H,1-3H3. The molecule has 0 aliphatic carbocycles. The number of hydrogen-bond acceptors (Lipinski definition) is 2. The molecule has 0 amide bonds. The van der Waals surface area contributed by atoms with Gasteiger partial charge in [-0.3, -0.25) is 4.79 Å². The molecule has 0 aliphatic heterocycles. The zero-order valence-electron chi connectivity index (χ0n) is 9.69. The van der Waals surface area contributed by atoms with Gasteiger partial charge < -0.3 is 0 Å². The van der Waals surface area contributed by atoms with Gasteiger partial charge in [-0.05, 0) is 31.0 Å². The van der Waals surface area contributed by atoms with E-state index < -0.39 is 0 Å². The van der Waals surface area contributed by atoms with Gasteiger partial charge in [0.1, 0.15) is 5.69 Å². The average Bonchev–Trinajstić information content (AvgIpc) is 2.66. The van der Waals surface area contributed by atoms with Crippen LogP contribution in [-0.2, 0) is 0 Å². The molecule has 3 nitrogen and oxygen atoms in total. The minimum atomic E-state index is 0.0279. The molecule has 0 aliphatic rings. The third kappa shape index (κ3) is 1.65. The third-order valence-corrected chi connectivity index (χ3v) is 2.65. The van der Waals surface area contributed by atoms with Crippen molar-refractivity contribution >= 4 is 5.78 Å². The molecule has 0 saturated carbocycles. The summed E-state index contributed by atoms with van der Waals surface area (Å²) in [5.74, 6) is 0.0279. The van der Waals surface area contributed by atoms with Crippen molar-refractivity contribution < 1.29 is 4.79 Å². The van der Waals surface area contributed by atoms with E-state index in [9.17, 15) is 4.79 Å². The molecular formula is C13H14N2O. The second kappa shape index (κ2) is 3.93. The molecule has 0 N–H and O–H groups in total. The lowest BCUT2D eigenvalue weighted by molar-refractivity contribution is 0.101. The van der Waals surface area contributed by atoms with Gasteiger partial charge >= 0.3 is 0 Å². The number of nitrogens with zero attached hydrogens (tertiary/aromatic N) is 2. The highest BCUT2D eigenvalue weighted by Crippen LogP contribution is 2.19. The summed E-state index contributed by atoms with van der Waals surface area (Å²) in [7, 11) is 0. The molecule has 1 aromatic heterocycles. The smallest absolute Gasteiger partial charge is 0.178 e. The lowest BCUT2D eigenvalue weighted by atomic mass is 10.1. The molecule has 0 atom stereocenters. The van der Waals surface area contributed by atoms with Crippen LogP contribution in [0.1, 0.15) is 28.5 Å². The van der Waals surface area contributed by atoms with Gasteiger partial charge in [0.2, 0.25) is 0 Å². The maximum Gasteiger partial charge on any atom is 0.178 e. The van der Waals surface area contributed by atoms with Crippen molar-refractivity contribution in [2.75, 3.05) is 0 Å². The summed E-state index contributed by atoms with van der Waals surface area (Å²) in [6, 6.07) is 7.79. The summed E-state index contributed by atoms with van der Waals surface area (Å²) >= 11 is 0. The highest BCUT2D eigenvalue weighted by atomic mass is 16.1. The highest BCUT2D eigenvalue weighted by Gasteiger charge is 2.12. The first kappa shape index (κ1) is 10.6. The minimum absolute atomic E-state index is 0.0279. The van der Waals surface area contributed by atoms with Crippen LogP contribution >= 0.6 is 0 Å². The number of hydrogen-bond donors (Lipinski definition) is 0. The van der Waals surface area contributed by atoms with Crippen LogP contribution in [0, 0.1) is 13.8 Å². The SMILES string of the molecule is CC(=O)c1ccnn1-c1c(C)cccc1C. The van der Waals surface area contributed by atoms with Gasteiger partial charge in [-0.1, -0.05) is 18.2 Å². The molecule has 2 aromatic rings. The number of carbonyl (C=O) groups excluding carboxylic acids is 1. The second-order valence-corrected chi connectivity index (χ2v) is 3.92. The fraction of sp³-hybridized carbons (Fsp3) is 0.231. The van der Waals surface area contributed by atoms with Gasteiger partial charge in [-0.15, -0.1) is 0 Å². The molecule has 16 heavy (non-hydrogen) atoms. The quantitative estimate of drug-likeness (QED) is 0.720. The van der Waals surface area contributed by atoms with Crippen LogP contribution in [0.25, 0.3) is 5.69 Å². The lowest BCUT2D eigenvalue weighted by Crippen LogP contribution is -2.08. The summed E-state index contributed by atoms with van der Waals surface area (Å²) in [4.78, 5) is 11.5. The molecule has 1 aromatic carbocycles. The Morgan fingerprint density at radius 3 is 2.38 bits per heavy atom. The van der Waals surface area contributed by atoms with Crippen LogP contribution < -0.4 is 0 Å². The van der Waals surface area contributed by atoms with Gasteiger partial charge in [0, 0.05) is 6.92 Å². The van der Waals surface area contributed by atoms with Crippen molar-refractivity contribution in [1.29, 1.82) is 0 Å². The Morgan fingerprint density at radius 2 is 1.81 bits per heavy atom. The summed E-state index contributed by atoms with van der Waals surface area (Å²) in [6.07, 6.45) is 1.66. The Morgan fingerprint density at radius 1 is 1.19 bits per heavy atom. The number of Topliss-reactive ketones (excluding diaryl/α,β-unsaturated/α-hetero) is 1. The third-order valence-electron chi connectivity index (χ3n) is 2.65. The Labute approximate surface area is 94.7 Å². The predicted molar refractivity (Wildman–Crippen MR) is 63.0 cm³/mol. The van der Waals surface area contributed by atoms with Crippen molar-refractivity contribution in [2.24, 2.45) is 0 Å². The summed E-state index contributed by atoms with van der Waals surface area (Å²) in [5.41, 5.74) is 3.85. The van der Waals surface area contributed by atoms with E-state index in [0.717, 1.165) is 16.8 Å². The first-order valence-electron chi connectivity index (χ1n) is 5.23. The molecule has 82 valence electrons. The number of benzene rings is 1. The number of para-hydroxylation sites is 1. The van der Waals surface area contributed by atoms with Gasteiger partial charge in [-0.2, -0.15) is 5.10 Å². The molecule has 1 heterocycles. The van der Waals surface area contributed by atoms with Gasteiger partial charge in [0.15, 0.2) is 5.78 Å². The Hall–Kier alpha value is -1.90. The van der Waals surface area contributed by atoms with Gasteiger partial charge in [-0.25, -0.2) is 4.68 Å². The predicted octanol–water partition coefficient (Wildman–Crippen LogP) is 2.69. The maximum atomic E-state index is 11.5. The Bertz CT molecular complexity index is 520. The highest BCUT2D eigenvalue weighted by molar-refractivity contribution is 5.93. The van der Waals surface area contributed by atoms with Crippen molar-refractivity contribution in [3.8, 4) is 5.69 Å². The maximum absolute atomic E-state index is 11.5. The average molecular weight is 214 g/mol. The van der Waals surface area contributed by atoms with E-state index >= 15 is 0 Å².